The third-order valence-electron chi connectivity index (χ3n) is 13.8. The van der Waals surface area contributed by atoms with E-state index in [4.69, 9.17) is 9.47 Å². The van der Waals surface area contributed by atoms with E-state index in [1.54, 1.807) is 6.92 Å². The summed E-state index contributed by atoms with van der Waals surface area (Å²) in [6.45, 7) is 16.5. The van der Waals surface area contributed by atoms with E-state index in [9.17, 15) is 27.6 Å². The van der Waals surface area contributed by atoms with Crippen molar-refractivity contribution < 1.29 is 37.0 Å². The molecule has 0 aromatic carbocycles. The molecule has 5 aliphatic rings. The highest BCUT2D eigenvalue weighted by molar-refractivity contribution is 5.95. The first-order valence-electron chi connectivity index (χ1n) is 16.0. The number of esters is 1. The van der Waals surface area contributed by atoms with Gasteiger partial charge in [-0.1, -0.05) is 54.0 Å². The summed E-state index contributed by atoms with van der Waals surface area (Å²) in [4.78, 5) is 38.8. The number of hydrogen-bond donors (Lipinski definition) is 1. The average molecular weight is 610 g/mol. The van der Waals surface area contributed by atoms with Gasteiger partial charge in [0.2, 0.25) is 5.91 Å². The van der Waals surface area contributed by atoms with Crippen molar-refractivity contribution in [1.82, 2.24) is 5.32 Å². The second-order valence-corrected chi connectivity index (χ2v) is 16.5. The zero-order valence-electron chi connectivity index (χ0n) is 27.1. The molecule has 1 amide bonds. The van der Waals surface area contributed by atoms with Crippen LogP contribution in [0, 0.1) is 50.2 Å². The molecule has 0 saturated heterocycles. The van der Waals surface area contributed by atoms with Gasteiger partial charge in [0, 0.05) is 18.3 Å². The number of amides is 1. The summed E-state index contributed by atoms with van der Waals surface area (Å²) in [5.41, 5.74) is -1.35. The van der Waals surface area contributed by atoms with Gasteiger partial charge in [0.05, 0.1) is 6.10 Å². The monoisotopic (exact) mass is 609 g/mol. The quantitative estimate of drug-likeness (QED) is 0.203. The largest absolute Gasteiger partial charge is 0.484 e. The molecule has 0 aromatic rings. The fourth-order valence-electron chi connectivity index (χ4n) is 11.1. The number of carbonyl (C=O) groups excluding carboxylic acids is 3. The fraction of sp³-hybridized carbons (Fsp3) is 0.853. The van der Waals surface area contributed by atoms with Gasteiger partial charge in [-0.25, -0.2) is 0 Å². The molecular formula is C34H50F3NO5. The molecular weight excluding hydrogens is 559 g/mol. The number of ketones is 1. The van der Waals surface area contributed by atoms with Crippen LogP contribution >= 0.6 is 0 Å². The highest BCUT2D eigenvalue weighted by Crippen LogP contribution is 2.75. The van der Waals surface area contributed by atoms with Gasteiger partial charge in [-0.3, -0.25) is 19.7 Å². The first-order chi connectivity index (χ1) is 19.6. The number of rotatable bonds is 4. The zero-order valence-corrected chi connectivity index (χ0v) is 27.1. The van der Waals surface area contributed by atoms with E-state index >= 15 is 0 Å². The molecule has 9 heteroatoms. The maximum atomic E-state index is 14.5. The molecule has 6 nitrogen and oxygen atoms in total. The Labute approximate surface area is 254 Å². The van der Waals surface area contributed by atoms with E-state index < -0.39 is 17.6 Å². The summed E-state index contributed by atoms with van der Waals surface area (Å²) in [5.74, 6) is -1.29. The average Bonchev–Trinajstić information content (AvgIpc) is 2.86. The molecule has 0 radical (unpaired) electrons. The van der Waals surface area contributed by atoms with Crippen LogP contribution in [0.2, 0.25) is 0 Å². The summed E-state index contributed by atoms with van der Waals surface area (Å²) in [5, 5.41) is 1.29. The van der Waals surface area contributed by atoms with Gasteiger partial charge in [-0.15, -0.1) is 0 Å². The lowest BCUT2D eigenvalue weighted by Gasteiger charge is -2.70. The maximum absolute atomic E-state index is 14.5. The van der Waals surface area contributed by atoms with Crippen LogP contribution in [0.3, 0.4) is 0 Å². The van der Waals surface area contributed by atoms with Crippen molar-refractivity contribution in [3.63, 3.8) is 0 Å². The highest BCUT2D eigenvalue weighted by Gasteiger charge is 2.70. The molecule has 4 fully saturated rings. The molecule has 0 heterocycles. The van der Waals surface area contributed by atoms with Crippen molar-refractivity contribution >= 4 is 17.7 Å². The lowest BCUT2D eigenvalue weighted by atomic mass is 9.33. The number of fused-ring (bicyclic) bond motifs is 7. The van der Waals surface area contributed by atoms with E-state index in [1.807, 2.05) is 6.08 Å². The van der Waals surface area contributed by atoms with Crippen LogP contribution in [0.15, 0.2) is 11.6 Å². The second kappa shape index (κ2) is 10.1. The Bertz CT molecular complexity index is 1230. The van der Waals surface area contributed by atoms with E-state index in [1.165, 1.54) is 12.2 Å². The van der Waals surface area contributed by atoms with Gasteiger partial charge < -0.3 is 9.47 Å². The van der Waals surface area contributed by atoms with Crippen LogP contribution in [-0.2, 0) is 23.9 Å². The van der Waals surface area contributed by atoms with Crippen LogP contribution in [0.5, 0.6) is 0 Å². The zero-order chi connectivity index (χ0) is 32.0. The summed E-state index contributed by atoms with van der Waals surface area (Å²) >= 11 is 0. The first kappa shape index (κ1) is 32.5. The van der Waals surface area contributed by atoms with E-state index in [-0.39, 0.29) is 69.5 Å². The number of ether oxygens (including phenoxy) is 2. The normalized spacial score (nSPS) is 45.5. The Morgan fingerprint density at radius 1 is 0.953 bits per heavy atom. The predicted molar refractivity (Wildman–Crippen MR) is 155 cm³/mol. The van der Waals surface area contributed by atoms with Crippen LogP contribution in [0.1, 0.15) is 113 Å². The summed E-state index contributed by atoms with van der Waals surface area (Å²) < 4.78 is 50.7. The molecule has 5 rings (SSSR count). The molecule has 5 aliphatic carbocycles. The Hall–Kier alpha value is -1.90. The van der Waals surface area contributed by atoms with Gasteiger partial charge in [-0.05, 0) is 103 Å². The summed E-state index contributed by atoms with van der Waals surface area (Å²) in [7, 11) is 0. The van der Waals surface area contributed by atoms with E-state index in [2.05, 4.69) is 41.5 Å². The lowest BCUT2D eigenvalue weighted by molar-refractivity contribution is -0.222. The minimum Gasteiger partial charge on any atom is -0.439 e. The number of allylic oxidation sites excluding steroid dienone is 2. The van der Waals surface area contributed by atoms with E-state index in [0.717, 1.165) is 44.1 Å². The Morgan fingerprint density at radius 3 is 2.23 bits per heavy atom. The van der Waals surface area contributed by atoms with E-state index in [0.29, 0.717) is 19.3 Å². The minimum atomic E-state index is -4.77. The van der Waals surface area contributed by atoms with Gasteiger partial charge in [0.15, 0.2) is 12.6 Å². The third-order valence-corrected chi connectivity index (χ3v) is 13.8. The smallest absolute Gasteiger partial charge is 0.439 e. The molecule has 1 unspecified atom stereocenters. The van der Waals surface area contributed by atoms with Crippen molar-refractivity contribution in [3.8, 4) is 0 Å². The number of carbonyl (C=O) groups is 3. The van der Waals surface area contributed by atoms with Crippen LogP contribution in [0.25, 0.3) is 0 Å². The van der Waals surface area contributed by atoms with Crippen LogP contribution < -0.4 is 5.32 Å². The molecule has 0 bridgehead atoms. The predicted octanol–water partition coefficient (Wildman–Crippen LogP) is 7.51. The van der Waals surface area contributed by atoms with Gasteiger partial charge in [-0.2, -0.15) is 13.2 Å². The van der Waals surface area contributed by atoms with Crippen molar-refractivity contribution in [2.75, 3.05) is 6.79 Å². The first-order valence-corrected chi connectivity index (χ1v) is 16.0. The molecule has 242 valence electrons. The molecule has 1 N–H and O–H groups in total. The Balaban J connectivity index is 1.49. The van der Waals surface area contributed by atoms with Crippen molar-refractivity contribution in [2.45, 2.75) is 126 Å². The third kappa shape index (κ3) is 4.89. The summed E-state index contributed by atoms with van der Waals surface area (Å²) in [6, 6.07) is 0. The Kier molecular flexibility index (Phi) is 7.59. The number of alkyl halides is 3. The standard InChI is InChI=1S/C34H50F3NO5/c1-20(39)42-19-43-25-10-11-31(6)24(28(25,2)3)9-12-33(8)26(31)23(40)17-21-22-18-30(5,27(41)38-34(35,36)37)14-13-29(22,4)15-16-32(21,33)7/h17,22,24-26H,9-16,18-19H2,1-8H3,(H,38,41)/t22-,24?,25+,26-,29-,30+,31+,32-,33-/m1/s1. The second-order valence-electron chi connectivity index (χ2n) is 16.5. The number of hydrogen-bond acceptors (Lipinski definition) is 5. The van der Waals surface area contributed by atoms with Crippen molar-refractivity contribution in [1.29, 1.82) is 0 Å². The van der Waals surface area contributed by atoms with Gasteiger partial charge in [0.1, 0.15) is 0 Å². The molecule has 0 spiro atoms. The number of halogens is 3. The maximum Gasteiger partial charge on any atom is 0.484 e. The van der Waals surface area contributed by atoms with Crippen molar-refractivity contribution in [2.24, 2.45) is 50.2 Å². The van der Waals surface area contributed by atoms with Crippen LogP contribution in [0.4, 0.5) is 13.2 Å². The van der Waals surface area contributed by atoms with Crippen molar-refractivity contribution in [3.05, 3.63) is 11.6 Å². The summed E-state index contributed by atoms with van der Waals surface area (Å²) in [6.07, 6.45) is 3.64. The van der Waals surface area contributed by atoms with Gasteiger partial charge in [0.25, 0.3) is 0 Å². The van der Waals surface area contributed by atoms with Gasteiger partial charge >= 0.3 is 12.3 Å². The molecule has 0 aromatic heterocycles. The van der Waals surface area contributed by atoms with Crippen LogP contribution in [-0.4, -0.2) is 36.9 Å². The highest BCUT2D eigenvalue weighted by atomic mass is 19.4. The fourth-order valence-corrected chi connectivity index (χ4v) is 11.1. The lowest BCUT2D eigenvalue weighted by Crippen LogP contribution is -2.66. The molecule has 4 saturated carbocycles. The minimum absolute atomic E-state index is 0.0722. The Morgan fingerprint density at radius 2 is 1.60 bits per heavy atom. The topological polar surface area (TPSA) is 81.7 Å². The SMILES string of the molecule is CC(=O)OCO[C@H]1CC[C@@]2(C)C(CC[C@]3(C)[C@@H]2C(=O)C=C2[C@H]4C[C@@](C)(C(=O)NC(F)(F)F)CC[C@]4(C)CC[C@]23C)C1(C)C. The molecule has 9 atom stereocenters. The number of nitrogens with one attached hydrogen (secondary N) is 1. The molecule has 43 heavy (non-hydrogen) atoms. The molecule has 0 aliphatic heterocycles.